The van der Waals surface area contributed by atoms with Crippen molar-refractivity contribution in [1.82, 2.24) is 5.32 Å². The van der Waals surface area contributed by atoms with E-state index in [1.165, 1.54) is 4.88 Å². The van der Waals surface area contributed by atoms with Crippen molar-refractivity contribution in [3.05, 3.63) is 22.4 Å². The van der Waals surface area contributed by atoms with E-state index in [0.29, 0.717) is 6.54 Å². The molecule has 0 saturated heterocycles. The molecule has 1 aromatic heterocycles. The van der Waals surface area contributed by atoms with Gasteiger partial charge in [0.15, 0.2) is 0 Å². The molecule has 1 aromatic rings. The maximum absolute atomic E-state index is 11.5. The smallest absolute Gasteiger partial charge is 0.237 e. The summed E-state index contributed by atoms with van der Waals surface area (Å²) in [5.74, 6) is 0.133. The van der Waals surface area contributed by atoms with Crippen LogP contribution in [0.5, 0.6) is 0 Å². The van der Waals surface area contributed by atoms with E-state index in [1.807, 2.05) is 25.3 Å². The minimum absolute atomic E-state index is 0.0541. The molecular weight excluding hydrogens is 208 g/mol. The molecule has 0 aliphatic rings. The lowest BCUT2D eigenvalue weighted by molar-refractivity contribution is -0.123. The summed E-state index contributed by atoms with van der Waals surface area (Å²) in [5, 5.41) is 4.88. The van der Waals surface area contributed by atoms with Crippen molar-refractivity contribution < 1.29 is 4.79 Å². The summed E-state index contributed by atoms with van der Waals surface area (Å²) >= 11 is 1.71. The van der Waals surface area contributed by atoms with Crippen LogP contribution in [0, 0.1) is 5.92 Å². The molecule has 0 saturated carbocycles. The van der Waals surface area contributed by atoms with E-state index < -0.39 is 6.04 Å². The highest BCUT2D eigenvalue weighted by Crippen LogP contribution is 2.08. The van der Waals surface area contributed by atoms with Crippen molar-refractivity contribution in [2.24, 2.45) is 11.7 Å². The van der Waals surface area contributed by atoms with Crippen LogP contribution in [-0.2, 0) is 11.2 Å². The second-order valence-corrected chi connectivity index (χ2v) is 4.92. The summed E-state index contributed by atoms with van der Waals surface area (Å²) in [4.78, 5) is 12.8. The molecule has 0 unspecified atom stereocenters. The van der Waals surface area contributed by atoms with Gasteiger partial charge in [-0.3, -0.25) is 4.79 Å². The second kappa shape index (κ2) is 5.88. The minimum atomic E-state index is -0.395. The third-order valence-corrected chi connectivity index (χ3v) is 3.21. The third kappa shape index (κ3) is 4.01. The van der Waals surface area contributed by atoms with E-state index in [9.17, 15) is 4.79 Å². The summed E-state index contributed by atoms with van der Waals surface area (Å²) in [7, 11) is 0. The van der Waals surface area contributed by atoms with E-state index in [0.717, 1.165) is 6.42 Å². The first-order chi connectivity index (χ1) is 7.11. The van der Waals surface area contributed by atoms with Crippen LogP contribution in [0.25, 0.3) is 0 Å². The largest absolute Gasteiger partial charge is 0.354 e. The Hall–Kier alpha value is -0.870. The SMILES string of the molecule is CC(C)[C@H](N)C(=O)NCCc1cccs1. The summed E-state index contributed by atoms with van der Waals surface area (Å²) in [6, 6.07) is 3.69. The molecule has 1 atom stereocenters. The Morgan fingerprint density at radius 2 is 2.33 bits per heavy atom. The van der Waals surface area contributed by atoms with Gasteiger partial charge < -0.3 is 11.1 Å². The molecule has 1 rings (SSSR count). The van der Waals surface area contributed by atoms with Crippen molar-refractivity contribution in [2.45, 2.75) is 26.3 Å². The zero-order valence-electron chi connectivity index (χ0n) is 9.19. The van der Waals surface area contributed by atoms with Crippen molar-refractivity contribution in [2.75, 3.05) is 6.54 Å². The van der Waals surface area contributed by atoms with Crippen molar-refractivity contribution in [3.63, 3.8) is 0 Å². The van der Waals surface area contributed by atoms with Crippen LogP contribution in [0.3, 0.4) is 0 Å². The van der Waals surface area contributed by atoms with Gasteiger partial charge in [0.05, 0.1) is 6.04 Å². The van der Waals surface area contributed by atoms with Crippen LogP contribution in [0.15, 0.2) is 17.5 Å². The summed E-state index contributed by atoms with van der Waals surface area (Å²) in [6.45, 7) is 4.56. The fourth-order valence-electron chi connectivity index (χ4n) is 1.18. The molecule has 84 valence electrons. The number of amides is 1. The average Bonchev–Trinajstić information content (AvgIpc) is 2.69. The van der Waals surface area contributed by atoms with Gasteiger partial charge in [0.25, 0.3) is 0 Å². The first kappa shape index (κ1) is 12.2. The molecule has 15 heavy (non-hydrogen) atoms. The Bertz CT molecular complexity index is 296. The Morgan fingerprint density at radius 3 is 2.87 bits per heavy atom. The molecule has 1 amide bonds. The van der Waals surface area contributed by atoms with Gasteiger partial charge in [0.2, 0.25) is 5.91 Å². The lowest BCUT2D eigenvalue weighted by atomic mass is 10.1. The predicted octanol–water partition coefficient (Wildman–Crippen LogP) is 1.39. The van der Waals surface area contributed by atoms with Crippen molar-refractivity contribution in [1.29, 1.82) is 0 Å². The first-order valence-electron chi connectivity index (χ1n) is 5.17. The maximum atomic E-state index is 11.5. The van der Waals surface area contributed by atoms with Gasteiger partial charge in [0, 0.05) is 11.4 Å². The van der Waals surface area contributed by atoms with Crippen LogP contribution in [0.1, 0.15) is 18.7 Å². The van der Waals surface area contributed by atoms with E-state index in [1.54, 1.807) is 11.3 Å². The monoisotopic (exact) mass is 226 g/mol. The Labute approximate surface area is 94.7 Å². The fraction of sp³-hybridized carbons (Fsp3) is 0.545. The number of carbonyl (C=O) groups is 1. The molecule has 0 radical (unpaired) electrons. The molecule has 0 fully saturated rings. The maximum Gasteiger partial charge on any atom is 0.237 e. The molecule has 3 N–H and O–H groups in total. The number of nitrogens with two attached hydrogens (primary N) is 1. The van der Waals surface area contributed by atoms with Gasteiger partial charge in [0.1, 0.15) is 0 Å². The molecule has 4 heteroatoms. The summed E-state index contributed by atoms with van der Waals surface area (Å²) < 4.78 is 0. The molecule has 0 aliphatic heterocycles. The zero-order valence-corrected chi connectivity index (χ0v) is 10.0. The van der Waals surface area contributed by atoms with Gasteiger partial charge in [-0.15, -0.1) is 11.3 Å². The van der Waals surface area contributed by atoms with Crippen molar-refractivity contribution >= 4 is 17.2 Å². The summed E-state index contributed by atoms with van der Waals surface area (Å²) in [5.41, 5.74) is 5.71. The van der Waals surface area contributed by atoms with E-state index in [4.69, 9.17) is 5.73 Å². The highest BCUT2D eigenvalue weighted by molar-refractivity contribution is 7.09. The highest BCUT2D eigenvalue weighted by atomic mass is 32.1. The van der Waals surface area contributed by atoms with Gasteiger partial charge in [-0.05, 0) is 23.8 Å². The Morgan fingerprint density at radius 1 is 1.60 bits per heavy atom. The molecule has 0 bridgehead atoms. The Kier molecular flexibility index (Phi) is 4.78. The predicted molar refractivity (Wildman–Crippen MR) is 63.8 cm³/mol. The molecule has 1 heterocycles. The number of nitrogens with one attached hydrogen (secondary N) is 1. The van der Waals surface area contributed by atoms with Gasteiger partial charge in [-0.1, -0.05) is 19.9 Å². The van der Waals surface area contributed by atoms with Crippen LogP contribution < -0.4 is 11.1 Å². The Balaban J connectivity index is 2.23. The lowest BCUT2D eigenvalue weighted by Gasteiger charge is -2.14. The quantitative estimate of drug-likeness (QED) is 0.797. The van der Waals surface area contributed by atoms with E-state index >= 15 is 0 Å². The normalized spacial score (nSPS) is 12.8. The molecule has 0 aliphatic carbocycles. The van der Waals surface area contributed by atoms with Crippen LogP contribution >= 0.6 is 11.3 Å². The third-order valence-electron chi connectivity index (χ3n) is 2.27. The van der Waals surface area contributed by atoms with Gasteiger partial charge in [-0.2, -0.15) is 0 Å². The molecule has 0 aromatic carbocycles. The number of carbonyl (C=O) groups excluding carboxylic acids is 1. The summed E-state index contributed by atoms with van der Waals surface area (Å²) in [6.07, 6.45) is 0.883. The highest BCUT2D eigenvalue weighted by Gasteiger charge is 2.16. The standard InChI is InChI=1S/C11H18N2OS/c1-8(2)10(12)11(14)13-6-5-9-4-3-7-15-9/h3-4,7-8,10H,5-6,12H2,1-2H3,(H,13,14)/t10-/m0/s1. The topological polar surface area (TPSA) is 55.1 Å². The second-order valence-electron chi connectivity index (χ2n) is 3.89. The van der Waals surface area contributed by atoms with Crippen LogP contribution in [0.4, 0.5) is 0 Å². The minimum Gasteiger partial charge on any atom is -0.354 e. The van der Waals surface area contributed by atoms with E-state index in [2.05, 4.69) is 11.4 Å². The molecule has 3 nitrogen and oxygen atoms in total. The molecule has 0 spiro atoms. The van der Waals surface area contributed by atoms with Gasteiger partial charge in [-0.25, -0.2) is 0 Å². The number of hydrogen-bond acceptors (Lipinski definition) is 3. The number of rotatable bonds is 5. The van der Waals surface area contributed by atoms with Crippen LogP contribution in [0.2, 0.25) is 0 Å². The zero-order chi connectivity index (χ0) is 11.3. The number of thiophene rings is 1. The lowest BCUT2D eigenvalue weighted by Crippen LogP contribution is -2.44. The average molecular weight is 226 g/mol. The fourth-order valence-corrected chi connectivity index (χ4v) is 1.89. The molecular formula is C11H18N2OS. The first-order valence-corrected chi connectivity index (χ1v) is 6.05. The van der Waals surface area contributed by atoms with Crippen molar-refractivity contribution in [3.8, 4) is 0 Å². The number of hydrogen-bond donors (Lipinski definition) is 2. The van der Waals surface area contributed by atoms with Gasteiger partial charge >= 0.3 is 0 Å². The van der Waals surface area contributed by atoms with E-state index in [-0.39, 0.29) is 11.8 Å². The van der Waals surface area contributed by atoms with Crippen LogP contribution in [-0.4, -0.2) is 18.5 Å².